The maximum Gasteiger partial charge on any atom is 0.251 e. The molecule has 0 aromatic rings. The summed E-state index contributed by atoms with van der Waals surface area (Å²) in [6, 6.07) is 0. The van der Waals surface area contributed by atoms with Gasteiger partial charge >= 0.3 is 0 Å². The molecule has 8 nitrogen and oxygen atoms in total. The first kappa shape index (κ1) is 11.6. The lowest BCUT2D eigenvalue weighted by Gasteiger charge is -1.95. The van der Waals surface area contributed by atoms with Crippen LogP contribution in [-0.4, -0.2) is 38.0 Å². The highest BCUT2D eigenvalue weighted by atomic mass is 32.2. The van der Waals surface area contributed by atoms with Gasteiger partial charge in [-0.15, -0.1) is 0 Å². The third kappa shape index (κ3) is 8.53. The van der Waals surface area contributed by atoms with Crippen LogP contribution in [0.2, 0.25) is 0 Å². The van der Waals surface area contributed by atoms with Crippen LogP contribution >= 0.6 is 0 Å². The summed E-state index contributed by atoms with van der Waals surface area (Å²) in [6.45, 7) is -0.0918. The number of nitrogens with one attached hydrogen (secondary N) is 1. The summed E-state index contributed by atoms with van der Waals surface area (Å²) < 4.78 is 21.1. The molecule has 9 heteroatoms. The highest BCUT2D eigenvalue weighted by Crippen LogP contribution is 1.82. The summed E-state index contributed by atoms with van der Waals surface area (Å²) in [5.74, 6) is -0.596. The van der Waals surface area contributed by atoms with E-state index in [1.807, 2.05) is 0 Å². The van der Waals surface area contributed by atoms with Gasteiger partial charge in [-0.3, -0.25) is 0 Å². The lowest BCUT2D eigenvalue weighted by Crippen LogP contribution is -2.36. The number of nitrogens with zero attached hydrogens (tertiary/aromatic N) is 2. The van der Waals surface area contributed by atoms with Gasteiger partial charge in [0.2, 0.25) is 0 Å². The number of nitro groups is 1. The van der Waals surface area contributed by atoms with Gasteiger partial charge in [0.25, 0.3) is 5.96 Å². The van der Waals surface area contributed by atoms with Crippen LogP contribution in [0.5, 0.6) is 0 Å². The average molecular weight is 210 g/mol. The smallest absolute Gasteiger partial charge is 0.251 e. The second-order valence-corrected chi connectivity index (χ2v) is 4.53. The van der Waals surface area contributed by atoms with Crippen molar-refractivity contribution in [2.75, 3.05) is 18.6 Å². The number of guanidine groups is 1. The van der Waals surface area contributed by atoms with Gasteiger partial charge in [0, 0.05) is 6.26 Å². The molecule has 0 fully saturated rings. The van der Waals surface area contributed by atoms with Crippen molar-refractivity contribution in [3.63, 3.8) is 0 Å². The van der Waals surface area contributed by atoms with Crippen LogP contribution in [0.25, 0.3) is 0 Å². The van der Waals surface area contributed by atoms with Crippen LogP contribution in [0, 0.1) is 10.1 Å². The van der Waals surface area contributed by atoms with Gasteiger partial charge < -0.3 is 5.73 Å². The topological polar surface area (TPSA) is 128 Å². The van der Waals surface area contributed by atoms with Crippen LogP contribution in [0.3, 0.4) is 0 Å². The Labute approximate surface area is 74.9 Å². The first-order valence-electron chi connectivity index (χ1n) is 3.20. The second-order valence-electron chi connectivity index (χ2n) is 2.27. The van der Waals surface area contributed by atoms with Gasteiger partial charge in [0.1, 0.15) is 9.84 Å². The lowest BCUT2D eigenvalue weighted by molar-refractivity contribution is -0.525. The van der Waals surface area contributed by atoms with Gasteiger partial charge in [-0.25, -0.2) is 23.5 Å². The molecule has 0 aromatic heterocycles. The Kier molecular flexibility index (Phi) is 4.11. The van der Waals surface area contributed by atoms with Crippen LogP contribution in [0.4, 0.5) is 0 Å². The number of aliphatic imine (C=N–C) groups is 1. The predicted molar refractivity (Wildman–Crippen MR) is 46.3 cm³/mol. The zero-order valence-corrected chi connectivity index (χ0v) is 7.74. The van der Waals surface area contributed by atoms with E-state index in [0.717, 1.165) is 6.26 Å². The van der Waals surface area contributed by atoms with E-state index < -0.39 is 20.8 Å². The summed E-state index contributed by atoms with van der Waals surface area (Å²) in [7, 11) is -3.11. The molecule has 0 atom stereocenters. The predicted octanol–water partition coefficient (Wildman–Crippen LogP) is -1.87. The lowest BCUT2D eigenvalue weighted by atomic mass is 10.8. The molecule has 0 aliphatic rings. The maximum atomic E-state index is 10.6. The van der Waals surface area contributed by atoms with E-state index >= 15 is 0 Å². The zero-order chi connectivity index (χ0) is 10.5. The molecule has 0 aliphatic carbocycles. The van der Waals surface area contributed by atoms with Crippen LogP contribution in [0.15, 0.2) is 4.99 Å². The van der Waals surface area contributed by atoms with E-state index in [2.05, 4.69) is 4.99 Å². The first-order valence-corrected chi connectivity index (χ1v) is 5.26. The molecular formula is C4H10N4O4S. The molecule has 0 aliphatic heterocycles. The van der Waals surface area contributed by atoms with E-state index in [9.17, 15) is 18.5 Å². The monoisotopic (exact) mass is 210 g/mol. The quantitative estimate of drug-likeness (QED) is 0.242. The van der Waals surface area contributed by atoms with E-state index in [1.54, 1.807) is 5.43 Å². The minimum atomic E-state index is -3.11. The molecule has 0 radical (unpaired) electrons. The van der Waals surface area contributed by atoms with Gasteiger partial charge in [0.15, 0.2) is 5.03 Å². The third-order valence-corrected chi connectivity index (χ3v) is 1.87. The minimum absolute atomic E-state index is 0.0918. The Morgan fingerprint density at radius 1 is 1.69 bits per heavy atom. The SMILES string of the molecule is CS(=O)(=O)CCN=C(N)N[N+](=O)[O-]. The van der Waals surface area contributed by atoms with Crippen molar-refractivity contribution in [1.82, 2.24) is 5.43 Å². The fraction of sp³-hybridized carbons (Fsp3) is 0.750. The Morgan fingerprint density at radius 2 is 2.23 bits per heavy atom. The third-order valence-electron chi connectivity index (χ3n) is 0.950. The van der Waals surface area contributed by atoms with Crippen molar-refractivity contribution in [3.05, 3.63) is 10.1 Å². The van der Waals surface area contributed by atoms with E-state index in [-0.39, 0.29) is 12.3 Å². The fourth-order valence-corrected chi connectivity index (χ4v) is 0.884. The molecule has 0 saturated heterocycles. The number of sulfone groups is 1. The Bertz CT molecular complexity index is 308. The number of hydrogen-bond acceptors (Lipinski definition) is 5. The van der Waals surface area contributed by atoms with Crippen molar-refractivity contribution >= 4 is 15.8 Å². The summed E-state index contributed by atoms with van der Waals surface area (Å²) in [4.78, 5) is 13.2. The van der Waals surface area contributed by atoms with Gasteiger partial charge in [-0.1, -0.05) is 5.43 Å². The highest BCUT2D eigenvalue weighted by Gasteiger charge is 2.02. The number of rotatable bonds is 4. The summed E-state index contributed by atoms with van der Waals surface area (Å²) in [5.41, 5.74) is 6.59. The summed E-state index contributed by atoms with van der Waals surface area (Å²) in [5, 5.41) is 8.91. The minimum Gasteiger partial charge on any atom is -0.365 e. The first-order chi connectivity index (χ1) is 5.81. The molecule has 0 saturated carbocycles. The van der Waals surface area contributed by atoms with Crippen LogP contribution in [-0.2, 0) is 9.84 Å². The molecule has 3 N–H and O–H groups in total. The zero-order valence-electron chi connectivity index (χ0n) is 6.93. The number of hydrogen-bond donors (Lipinski definition) is 2. The van der Waals surface area contributed by atoms with Crippen molar-refractivity contribution in [2.24, 2.45) is 10.7 Å². The molecule has 0 aromatic carbocycles. The number of hydrazine groups is 1. The van der Waals surface area contributed by atoms with E-state index in [4.69, 9.17) is 5.73 Å². The second kappa shape index (κ2) is 4.60. The summed E-state index contributed by atoms with van der Waals surface area (Å²) >= 11 is 0. The van der Waals surface area contributed by atoms with Crippen molar-refractivity contribution in [3.8, 4) is 0 Å². The molecule has 0 heterocycles. The van der Waals surface area contributed by atoms with Crippen molar-refractivity contribution in [2.45, 2.75) is 0 Å². The molecule has 0 bridgehead atoms. The number of nitrogens with two attached hydrogens (primary N) is 1. The highest BCUT2D eigenvalue weighted by molar-refractivity contribution is 7.90. The Balaban J connectivity index is 3.92. The van der Waals surface area contributed by atoms with Gasteiger partial charge in [-0.05, 0) is 0 Å². The normalized spacial score (nSPS) is 12.5. The van der Waals surface area contributed by atoms with Crippen molar-refractivity contribution in [1.29, 1.82) is 0 Å². The van der Waals surface area contributed by atoms with Gasteiger partial charge in [-0.2, -0.15) is 0 Å². The van der Waals surface area contributed by atoms with E-state index in [1.165, 1.54) is 0 Å². The van der Waals surface area contributed by atoms with Gasteiger partial charge in [0.05, 0.1) is 12.3 Å². The Hall–Kier alpha value is -1.38. The van der Waals surface area contributed by atoms with Crippen molar-refractivity contribution < 1.29 is 13.5 Å². The molecular weight excluding hydrogens is 200 g/mol. The standard InChI is InChI=1S/C4H10N4O4S/c1-13(11,12)3-2-6-4(5)7-8(9)10/h2-3H2,1H3,(H3,5,6,7). The molecule has 0 unspecified atom stereocenters. The molecule has 0 rings (SSSR count). The maximum absolute atomic E-state index is 10.6. The molecule has 0 amide bonds. The Morgan fingerprint density at radius 3 is 2.62 bits per heavy atom. The van der Waals surface area contributed by atoms with Crippen LogP contribution < -0.4 is 11.2 Å². The fourth-order valence-electron chi connectivity index (χ4n) is 0.461. The largest absolute Gasteiger partial charge is 0.365 e. The molecule has 0 spiro atoms. The van der Waals surface area contributed by atoms with Crippen LogP contribution in [0.1, 0.15) is 0 Å². The molecule has 76 valence electrons. The summed E-state index contributed by atoms with van der Waals surface area (Å²) in [6.07, 6.45) is 1.04. The van der Waals surface area contributed by atoms with E-state index in [0.29, 0.717) is 0 Å². The molecule has 13 heavy (non-hydrogen) atoms. The average Bonchev–Trinajstić information content (AvgIpc) is 1.81.